The number of carbonyl (C=O) groups excluding carboxylic acids is 2. The van der Waals surface area contributed by atoms with Crippen LogP contribution in [0, 0.1) is 0 Å². The van der Waals surface area contributed by atoms with Gasteiger partial charge in [0.25, 0.3) is 0 Å². The van der Waals surface area contributed by atoms with Gasteiger partial charge in [-0.15, -0.1) is 0 Å². The number of halogens is 1. The number of amides is 1. The van der Waals surface area contributed by atoms with E-state index in [0.29, 0.717) is 25.8 Å². The lowest BCUT2D eigenvalue weighted by Gasteiger charge is -2.04. The highest BCUT2D eigenvalue weighted by Gasteiger charge is 2.02. The maximum absolute atomic E-state index is 11.4. The molecule has 17 heavy (non-hydrogen) atoms. The Morgan fingerprint density at radius 2 is 1.82 bits per heavy atom. The van der Waals surface area contributed by atoms with E-state index in [4.69, 9.17) is 11.6 Å². The van der Waals surface area contributed by atoms with Gasteiger partial charge in [-0.25, -0.2) is 0 Å². The zero-order chi connectivity index (χ0) is 12.5. The molecule has 0 saturated heterocycles. The Hall–Kier alpha value is -1.35. The average Bonchev–Trinajstić information content (AvgIpc) is 2.33. The largest absolute Gasteiger partial charge is 0.356 e. The zero-order valence-electron chi connectivity index (χ0n) is 9.62. The van der Waals surface area contributed by atoms with Crippen LogP contribution < -0.4 is 5.32 Å². The summed E-state index contributed by atoms with van der Waals surface area (Å²) in [4.78, 5) is 21.9. The SMILES string of the molecule is O=C(Cl)CCCNC(=O)CCc1ccccc1. The van der Waals surface area contributed by atoms with E-state index >= 15 is 0 Å². The van der Waals surface area contributed by atoms with Crippen molar-refractivity contribution in [2.45, 2.75) is 25.7 Å². The highest BCUT2D eigenvalue weighted by molar-refractivity contribution is 6.63. The van der Waals surface area contributed by atoms with Crippen molar-refractivity contribution < 1.29 is 9.59 Å². The fourth-order valence-electron chi connectivity index (χ4n) is 1.45. The van der Waals surface area contributed by atoms with Gasteiger partial charge in [-0.05, 0) is 30.0 Å². The summed E-state index contributed by atoms with van der Waals surface area (Å²) in [7, 11) is 0. The minimum absolute atomic E-state index is 0.0101. The molecule has 0 spiro atoms. The maximum atomic E-state index is 11.4. The molecule has 0 radical (unpaired) electrons. The molecule has 0 fully saturated rings. The molecule has 0 aliphatic heterocycles. The maximum Gasteiger partial charge on any atom is 0.221 e. The average molecular weight is 254 g/mol. The van der Waals surface area contributed by atoms with E-state index in [1.165, 1.54) is 0 Å². The van der Waals surface area contributed by atoms with Gasteiger partial charge >= 0.3 is 0 Å². The molecule has 1 rings (SSSR count). The molecule has 0 atom stereocenters. The zero-order valence-corrected chi connectivity index (χ0v) is 10.4. The summed E-state index contributed by atoms with van der Waals surface area (Å²) in [5.74, 6) is 0.0101. The minimum Gasteiger partial charge on any atom is -0.356 e. The summed E-state index contributed by atoms with van der Waals surface area (Å²) in [5.41, 5.74) is 1.15. The number of hydrogen-bond acceptors (Lipinski definition) is 2. The molecule has 1 N–H and O–H groups in total. The smallest absolute Gasteiger partial charge is 0.221 e. The number of benzene rings is 1. The third kappa shape index (κ3) is 6.74. The molecule has 0 saturated carbocycles. The van der Waals surface area contributed by atoms with Gasteiger partial charge in [-0.2, -0.15) is 0 Å². The van der Waals surface area contributed by atoms with Crippen molar-refractivity contribution in [2.24, 2.45) is 0 Å². The van der Waals surface area contributed by atoms with Crippen molar-refractivity contribution in [1.29, 1.82) is 0 Å². The van der Waals surface area contributed by atoms with E-state index in [2.05, 4.69) is 5.32 Å². The molecule has 1 aromatic rings. The predicted molar refractivity (Wildman–Crippen MR) is 67.9 cm³/mol. The lowest BCUT2D eigenvalue weighted by molar-refractivity contribution is -0.121. The van der Waals surface area contributed by atoms with Gasteiger partial charge in [0.15, 0.2) is 0 Å². The summed E-state index contributed by atoms with van der Waals surface area (Å²) >= 11 is 5.18. The summed E-state index contributed by atoms with van der Waals surface area (Å²) in [6.45, 7) is 0.506. The quantitative estimate of drug-likeness (QED) is 0.599. The Labute approximate surface area is 106 Å². The summed E-state index contributed by atoms with van der Waals surface area (Å²) < 4.78 is 0. The molecule has 0 bridgehead atoms. The second-order valence-electron chi connectivity index (χ2n) is 3.79. The highest BCUT2D eigenvalue weighted by atomic mass is 35.5. The van der Waals surface area contributed by atoms with Crippen molar-refractivity contribution in [2.75, 3.05) is 6.54 Å². The van der Waals surface area contributed by atoms with Gasteiger partial charge in [0.1, 0.15) is 0 Å². The first-order valence-corrected chi connectivity index (χ1v) is 6.05. The molecular formula is C13H16ClNO2. The normalized spacial score (nSPS) is 9.94. The second-order valence-corrected chi connectivity index (χ2v) is 4.22. The molecule has 0 unspecified atom stereocenters. The van der Waals surface area contributed by atoms with Crippen molar-refractivity contribution in [3.8, 4) is 0 Å². The first-order chi connectivity index (χ1) is 8.18. The van der Waals surface area contributed by atoms with Crippen LogP contribution in [0.15, 0.2) is 30.3 Å². The Bertz CT molecular complexity index is 365. The van der Waals surface area contributed by atoms with E-state index in [9.17, 15) is 9.59 Å². The van der Waals surface area contributed by atoms with Crippen LogP contribution in [0.4, 0.5) is 0 Å². The molecule has 3 nitrogen and oxygen atoms in total. The third-order valence-electron chi connectivity index (χ3n) is 2.36. The van der Waals surface area contributed by atoms with Gasteiger partial charge in [0, 0.05) is 19.4 Å². The lowest BCUT2D eigenvalue weighted by Crippen LogP contribution is -2.24. The van der Waals surface area contributed by atoms with Gasteiger partial charge in [0.2, 0.25) is 11.1 Å². The number of carbonyl (C=O) groups is 2. The summed E-state index contributed by atoms with van der Waals surface area (Å²) in [6.07, 6.45) is 2.11. The van der Waals surface area contributed by atoms with Crippen LogP contribution in [-0.2, 0) is 16.0 Å². The fraction of sp³-hybridized carbons (Fsp3) is 0.385. The number of aryl methyl sites for hydroxylation is 1. The Balaban J connectivity index is 2.11. The van der Waals surface area contributed by atoms with Crippen LogP contribution in [0.2, 0.25) is 0 Å². The van der Waals surface area contributed by atoms with E-state index in [-0.39, 0.29) is 11.1 Å². The fourth-order valence-corrected chi connectivity index (χ4v) is 1.58. The number of hydrogen-bond donors (Lipinski definition) is 1. The number of nitrogens with one attached hydrogen (secondary N) is 1. The predicted octanol–water partition coefficient (Wildman–Crippen LogP) is 2.28. The molecule has 0 heterocycles. The Kier molecular flexibility index (Phi) is 6.33. The standard InChI is InChI=1S/C13H16ClNO2/c14-12(16)7-4-10-15-13(17)9-8-11-5-2-1-3-6-11/h1-3,5-6H,4,7-10H2,(H,15,17). The van der Waals surface area contributed by atoms with Crippen LogP contribution in [-0.4, -0.2) is 17.7 Å². The molecular weight excluding hydrogens is 238 g/mol. The van der Waals surface area contributed by atoms with E-state index < -0.39 is 0 Å². The molecule has 0 aromatic heterocycles. The van der Waals surface area contributed by atoms with Gasteiger partial charge in [0.05, 0.1) is 0 Å². The topological polar surface area (TPSA) is 46.2 Å². The van der Waals surface area contributed by atoms with Crippen LogP contribution in [0.5, 0.6) is 0 Å². The Morgan fingerprint density at radius 1 is 1.12 bits per heavy atom. The first-order valence-electron chi connectivity index (χ1n) is 5.67. The van der Waals surface area contributed by atoms with Crippen molar-refractivity contribution in [3.63, 3.8) is 0 Å². The van der Waals surface area contributed by atoms with Crippen LogP contribution in [0.3, 0.4) is 0 Å². The van der Waals surface area contributed by atoms with Crippen LogP contribution in [0.1, 0.15) is 24.8 Å². The second kappa shape index (κ2) is 7.85. The first kappa shape index (κ1) is 13.7. The van der Waals surface area contributed by atoms with Crippen molar-refractivity contribution in [1.82, 2.24) is 5.32 Å². The van der Waals surface area contributed by atoms with E-state index in [1.807, 2.05) is 30.3 Å². The molecule has 1 amide bonds. The van der Waals surface area contributed by atoms with Gasteiger partial charge in [-0.1, -0.05) is 30.3 Å². The minimum atomic E-state index is -0.358. The van der Waals surface area contributed by atoms with E-state index in [0.717, 1.165) is 12.0 Å². The lowest BCUT2D eigenvalue weighted by atomic mass is 10.1. The van der Waals surface area contributed by atoms with Gasteiger partial charge < -0.3 is 5.32 Å². The molecule has 0 aliphatic rings. The van der Waals surface area contributed by atoms with Crippen molar-refractivity contribution >= 4 is 22.8 Å². The van der Waals surface area contributed by atoms with Gasteiger partial charge in [-0.3, -0.25) is 9.59 Å². The molecule has 0 aliphatic carbocycles. The summed E-state index contributed by atoms with van der Waals surface area (Å²) in [5, 5.41) is 2.40. The Morgan fingerprint density at radius 3 is 2.47 bits per heavy atom. The van der Waals surface area contributed by atoms with Crippen molar-refractivity contribution in [3.05, 3.63) is 35.9 Å². The van der Waals surface area contributed by atoms with E-state index in [1.54, 1.807) is 0 Å². The number of rotatable bonds is 7. The molecule has 1 aromatic carbocycles. The van der Waals surface area contributed by atoms with Crippen LogP contribution >= 0.6 is 11.6 Å². The third-order valence-corrected chi connectivity index (χ3v) is 2.54. The molecule has 4 heteroatoms. The highest BCUT2D eigenvalue weighted by Crippen LogP contribution is 2.02. The molecule has 92 valence electrons. The summed E-state index contributed by atoms with van der Waals surface area (Å²) in [6, 6.07) is 9.87. The monoisotopic (exact) mass is 253 g/mol. The van der Waals surface area contributed by atoms with Crippen LogP contribution in [0.25, 0.3) is 0 Å².